The van der Waals surface area contributed by atoms with E-state index in [1.165, 1.54) is 0 Å². The molecule has 0 bridgehead atoms. The van der Waals surface area contributed by atoms with Gasteiger partial charge in [-0.25, -0.2) is 14.6 Å². The highest BCUT2D eigenvalue weighted by Crippen LogP contribution is 2.26. The second-order valence-corrected chi connectivity index (χ2v) is 3.57. The molecule has 0 radical (unpaired) electrons. The number of aromatic nitrogens is 3. The maximum Gasteiger partial charge on any atom is 0.451 e. The zero-order valence-corrected chi connectivity index (χ0v) is 8.75. The molecular weight excluding hydrogens is 261 g/mol. The van der Waals surface area contributed by atoms with Crippen molar-refractivity contribution < 1.29 is 13.2 Å². The van der Waals surface area contributed by atoms with Crippen molar-refractivity contribution in [2.75, 3.05) is 5.84 Å². The minimum absolute atomic E-state index is 0.0691. The molecule has 0 aliphatic rings. The number of nitrogens with zero attached hydrogens (tertiary/aromatic N) is 3. The number of hydrogen-bond donors (Lipinski definition) is 1. The Bertz CT molecular complexity index is 651. The molecule has 0 aliphatic heterocycles. The number of alkyl halides is 3. The van der Waals surface area contributed by atoms with Crippen LogP contribution in [0.25, 0.3) is 11.0 Å². The average Bonchev–Trinajstić information content (AvgIpc) is 2.22. The van der Waals surface area contributed by atoms with Gasteiger partial charge in [-0.3, -0.25) is 4.79 Å². The number of hydrogen-bond acceptors (Lipinski definition) is 4. The highest BCUT2D eigenvalue weighted by molar-refractivity contribution is 6.31. The van der Waals surface area contributed by atoms with E-state index in [1.54, 1.807) is 0 Å². The summed E-state index contributed by atoms with van der Waals surface area (Å²) in [6.07, 6.45) is -3.74. The van der Waals surface area contributed by atoms with Crippen LogP contribution >= 0.6 is 11.6 Å². The lowest BCUT2D eigenvalue weighted by Gasteiger charge is -2.10. The highest BCUT2D eigenvalue weighted by atomic mass is 35.5. The van der Waals surface area contributed by atoms with E-state index in [9.17, 15) is 18.0 Å². The van der Waals surface area contributed by atoms with Crippen LogP contribution < -0.4 is 11.4 Å². The molecule has 17 heavy (non-hydrogen) atoms. The smallest absolute Gasteiger partial charge is 0.334 e. The SMILES string of the molecule is Nn1c(C(F)(F)F)nc2ncc(Cl)cc2c1=O. The quantitative estimate of drug-likeness (QED) is 0.725. The van der Waals surface area contributed by atoms with Crippen LogP contribution in [0.5, 0.6) is 0 Å². The maximum absolute atomic E-state index is 12.5. The fraction of sp³-hybridized carbons (Fsp3) is 0.125. The normalized spacial score (nSPS) is 12.0. The molecular formula is C8H4ClF3N4O. The van der Waals surface area contributed by atoms with E-state index in [4.69, 9.17) is 17.4 Å². The van der Waals surface area contributed by atoms with Crippen molar-refractivity contribution in [3.63, 3.8) is 0 Å². The summed E-state index contributed by atoms with van der Waals surface area (Å²) in [5.74, 6) is 3.53. The number of nitrogen functional groups attached to an aromatic ring is 1. The van der Waals surface area contributed by atoms with Crippen LogP contribution in [0.3, 0.4) is 0 Å². The van der Waals surface area contributed by atoms with Crippen molar-refractivity contribution in [3.05, 3.63) is 33.5 Å². The Labute approximate surface area is 96.6 Å². The van der Waals surface area contributed by atoms with E-state index in [1.807, 2.05) is 0 Å². The van der Waals surface area contributed by atoms with Crippen molar-refractivity contribution in [1.82, 2.24) is 14.6 Å². The van der Waals surface area contributed by atoms with Crippen LogP contribution in [0.1, 0.15) is 5.82 Å². The molecule has 2 aromatic rings. The van der Waals surface area contributed by atoms with Crippen LogP contribution in [0.2, 0.25) is 5.02 Å². The molecule has 2 aromatic heterocycles. The van der Waals surface area contributed by atoms with E-state index in [0.717, 1.165) is 12.3 Å². The van der Waals surface area contributed by atoms with Crippen molar-refractivity contribution in [3.8, 4) is 0 Å². The molecule has 5 nitrogen and oxygen atoms in total. The summed E-state index contributed by atoms with van der Waals surface area (Å²) < 4.78 is 37.4. The van der Waals surface area contributed by atoms with Gasteiger partial charge in [0, 0.05) is 6.20 Å². The molecule has 0 aliphatic carbocycles. The van der Waals surface area contributed by atoms with Gasteiger partial charge in [0.1, 0.15) is 0 Å². The van der Waals surface area contributed by atoms with Crippen molar-refractivity contribution in [2.24, 2.45) is 0 Å². The van der Waals surface area contributed by atoms with Crippen LogP contribution in [0, 0.1) is 0 Å². The topological polar surface area (TPSA) is 73.8 Å². The zero-order valence-electron chi connectivity index (χ0n) is 7.99. The summed E-state index contributed by atoms with van der Waals surface area (Å²) in [5.41, 5.74) is -1.41. The summed E-state index contributed by atoms with van der Waals surface area (Å²) in [5, 5.41) is -0.0656. The monoisotopic (exact) mass is 264 g/mol. The molecule has 0 unspecified atom stereocenters. The predicted octanol–water partition coefficient (Wildman–Crippen LogP) is 1.18. The van der Waals surface area contributed by atoms with Crippen LogP contribution in [0.15, 0.2) is 17.1 Å². The molecule has 0 spiro atoms. The molecule has 0 saturated heterocycles. The summed E-state index contributed by atoms with van der Waals surface area (Å²) in [6.45, 7) is 0. The maximum atomic E-state index is 12.5. The number of halogens is 4. The van der Waals surface area contributed by atoms with Gasteiger partial charge in [-0.15, -0.1) is 0 Å². The summed E-state index contributed by atoms with van der Waals surface area (Å²) >= 11 is 5.57. The van der Waals surface area contributed by atoms with E-state index in [-0.39, 0.29) is 20.7 Å². The first-order valence-corrected chi connectivity index (χ1v) is 4.59. The molecule has 0 amide bonds. The second-order valence-electron chi connectivity index (χ2n) is 3.13. The predicted molar refractivity (Wildman–Crippen MR) is 54.0 cm³/mol. The Morgan fingerprint density at radius 3 is 2.65 bits per heavy atom. The first-order valence-electron chi connectivity index (χ1n) is 4.21. The molecule has 9 heteroatoms. The number of nitrogens with two attached hydrogens (primary N) is 1. The molecule has 0 saturated carbocycles. The zero-order chi connectivity index (χ0) is 12.8. The molecule has 2 N–H and O–H groups in total. The minimum Gasteiger partial charge on any atom is -0.334 e. The highest BCUT2D eigenvalue weighted by Gasteiger charge is 2.37. The average molecular weight is 265 g/mol. The Balaban J connectivity index is 2.90. The Kier molecular flexibility index (Phi) is 2.46. The van der Waals surface area contributed by atoms with Gasteiger partial charge in [-0.05, 0) is 6.07 Å². The van der Waals surface area contributed by atoms with Gasteiger partial charge >= 0.3 is 6.18 Å². The summed E-state index contributed by atoms with van der Waals surface area (Å²) in [7, 11) is 0. The fourth-order valence-electron chi connectivity index (χ4n) is 1.26. The lowest BCUT2D eigenvalue weighted by atomic mass is 10.3. The molecule has 0 atom stereocenters. The Morgan fingerprint density at radius 2 is 2.06 bits per heavy atom. The third-order valence-electron chi connectivity index (χ3n) is 1.98. The number of rotatable bonds is 0. The molecule has 0 aromatic carbocycles. The molecule has 2 rings (SSSR count). The fourth-order valence-corrected chi connectivity index (χ4v) is 1.42. The summed E-state index contributed by atoms with van der Waals surface area (Å²) in [6, 6.07) is 1.16. The van der Waals surface area contributed by atoms with Crippen LogP contribution in [-0.2, 0) is 6.18 Å². The Hall–Kier alpha value is -1.83. The van der Waals surface area contributed by atoms with Crippen LogP contribution in [-0.4, -0.2) is 14.6 Å². The van der Waals surface area contributed by atoms with Gasteiger partial charge in [-0.2, -0.15) is 13.2 Å². The molecule has 0 fully saturated rings. The van der Waals surface area contributed by atoms with Gasteiger partial charge in [0.05, 0.1) is 10.4 Å². The molecule has 90 valence electrons. The van der Waals surface area contributed by atoms with Crippen molar-refractivity contribution in [1.29, 1.82) is 0 Å². The lowest BCUT2D eigenvalue weighted by Crippen LogP contribution is -2.35. The van der Waals surface area contributed by atoms with Gasteiger partial charge < -0.3 is 5.84 Å². The van der Waals surface area contributed by atoms with Crippen LogP contribution in [0.4, 0.5) is 13.2 Å². The van der Waals surface area contributed by atoms with Crippen molar-refractivity contribution >= 4 is 22.6 Å². The van der Waals surface area contributed by atoms with Gasteiger partial charge in [0.25, 0.3) is 5.56 Å². The number of fused-ring (bicyclic) bond motifs is 1. The standard InChI is InChI=1S/C8H4ClF3N4O/c9-3-1-4-5(14-2-3)15-7(8(10,11)12)16(13)6(4)17/h1-2H,13H2. The van der Waals surface area contributed by atoms with Crippen molar-refractivity contribution in [2.45, 2.75) is 6.18 Å². The van der Waals surface area contributed by atoms with E-state index < -0.39 is 17.6 Å². The van der Waals surface area contributed by atoms with E-state index in [0.29, 0.717) is 0 Å². The molecule has 2 heterocycles. The Morgan fingerprint density at radius 1 is 1.41 bits per heavy atom. The van der Waals surface area contributed by atoms with Gasteiger partial charge in [0.15, 0.2) is 5.65 Å². The van der Waals surface area contributed by atoms with E-state index in [2.05, 4.69) is 9.97 Å². The number of pyridine rings is 1. The first kappa shape index (κ1) is 11.6. The summed E-state index contributed by atoms with van der Waals surface area (Å²) in [4.78, 5) is 18.3. The van der Waals surface area contributed by atoms with Gasteiger partial charge in [0.2, 0.25) is 5.82 Å². The minimum atomic E-state index is -4.83. The third-order valence-corrected chi connectivity index (χ3v) is 2.18. The van der Waals surface area contributed by atoms with E-state index >= 15 is 0 Å². The van der Waals surface area contributed by atoms with Gasteiger partial charge in [-0.1, -0.05) is 11.6 Å². The second kappa shape index (κ2) is 3.59. The largest absolute Gasteiger partial charge is 0.451 e. The first-order chi connectivity index (χ1) is 7.80. The lowest BCUT2D eigenvalue weighted by molar-refractivity contribution is -0.147. The third kappa shape index (κ3) is 1.91.